The quantitative estimate of drug-likeness (QED) is 0.688. The first kappa shape index (κ1) is 20.9. The van der Waals surface area contributed by atoms with Crippen molar-refractivity contribution in [1.29, 1.82) is 0 Å². The van der Waals surface area contributed by atoms with Crippen molar-refractivity contribution in [1.82, 2.24) is 4.90 Å². The molecule has 3 unspecified atom stereocenters. The molecule has 1 amide bonds. The van der Waals surface area contributed by atoms with Gasteiger partial charge in [0.05, 0.1) is 13.2 Å². The number of rotatable bonds is 1. The van der Waals surface area contributed by atoms with Crippen LogP contribution in [0.25, 0.3) is 11.1 Å². The Bertz CT molecular complexity index is 1180. The van der Waals surface area contributed by atoms with E-state index in [-0.39, 0.29) is 23.9 Å². The van der Waals surface area contributed by atoms with E-state index in [1.165, 1.54) is 17.0 Å². The first-order valence-corrected chi connectivity index (χ1v) is 11.4. The van der Waals surface area contributed by atoms with Crippen molar-refractivity contribution >= 4 is 23.5 Å². The first-order valence-electron chi connectivity index (χ1n) is 11.0. The predicted molar refractivity (Wildman–Crippen MR) is 119 cm³/mol. The summed E-state index contributed by atoms with van der Waals surface area (Å²) in [5, 5.41) is 0.293. The van der Waals surface area contributed by atoms with Gasteiger partial charge in [-0.25, -0.2) is 9.38 Å². The molecule has 3 heterocycles. The third kappa shape index (κ3) is 3.01. The fourth-order valence-corrected chi connectivity index (χ4v) is 5.97. The number of carbonyl (C=O) groups excluding carboxylic acids is 1. The van der Waals surface area contributed by atoms with Crippen LogP contribution in [0.2, 0.25) is 5.02 Å². The van der Waals surface area contributed by atoms with Gasteiger partial charge in [-0.3, -0.25) is 9.69 Å². The highest BCUT2D eigenvalue weighted by atomic mass is 35.5. The van der Waals surface area contributed by atoms with Crippen LogP contribution in [-0.2, 0) is 19.8 Å². The Kier molecular flexibility index (Phi) is 4.53. The molecule has 0 aromatic heterocycles. The molecule has 3 aliphatic heterocycles. The molecule has 4 aliphatic rings. The molecule has 1 saturated carbocycles. The summed E-state index contributed by atoms with van der Waals surface area (Å²) in [5.74, 6) is -0.837. The minimum absolute atomic E-state index is 0.166. The van der Waals surface area contributed by atoms with Gasteiger partial charge >= 0.3 is 0 Å². The molecule has 172 valence electrons. The van der Waals surface area contributed by atoms with E-state index >= 15 is 0 Å². The average molecular weight is 472 g/mol. The van der Waals surface area contributed by atoms with Gasteiger partial charge in [0.25, 0.3) is 5.91 Å². The number of amides is 1. The molecular weight excluding hydrogens is 449 g/mol. The highest BCUT2D eigenvalue weighted by molar-refractivity contribution is 6.30. The number of nitrogens with zero attached hydrogens (tertiary/aromatic N) is 2. The van der Waals surface area contributed by atoms with E-state index in [4.69, 9.17) is 36.5 Å². The van der Waals surface area contributed by atoms with Crippen molar-refractivity contribution in [3.8, 4) is 16.9 Å². The topological polar surface area (TPSA) is 86.4 Å². The molecule has 1 saturated heterocycles. The van der Waals surface area contributed by atoms with Gasteiger partial charge in [0.15, 0.2) is 17.3 Å². The van der Waals surface area contributed by atoms with Crippen molar-refractivity contribution in [3.05, 3.63) is 52.8 Å². The summed E-state index contributed by atoms with van der Waals surface area (Å²) in [5.41, 5.74) is 6.88. The van der Waals surface area contributed by atoms with Crippen LogP contribution in [0.1, 0.15) is 24.8 Å². The molecule has 6 rings (SSSR count). The highest BCUT2D eigenvalue weighted by Crippen LogP contribution is 2.56. The lowest BCUT2D eigenvalue weighted by molar-refractivity contribution is -0.210. The SMILES string of the molecule is CN1C(=O)C2(N=C1N)c1cc(-c3cc(F)cc(Cl)c3)ccc1OC1CC3(CCC12)OCCO3. The monoisotopic (exact) mass is 471 g/mol. The zero-order valence-electron chi connectivity index (χ0n) is 18.0. The van der Waals surface area contributed by atoms with Gasteiger partial charge in [-0.2, -0.15) is 0 Å². The number of benzene rings is 2. The number of carbonyl (C=O) groups is 1. The number of ether oxygens (including phenoxy) is 3. The third-order valence-corrected chi connectivity index (χ3v) is 7.50. The smallest absolute Gasteiger partial charge is 0.262 e. The van der Waals surface area contributed by atoms with E-state index in [9.17, 15) is 9.18 Å². The fraction of sp³-hybridized carbons (Fsp3) is 0.417. The van der Waals surface area contributed by atoms with Crippen LogP contribution in [0, 0.1) is 11.7 Å². The fourth-order valence-electron chi connectivity index (χ4n) is 5.75. The van der Waals surface area contributed by atoms with Crippen LogP contribution in [0.5, 0.6) is 5.75 Å². The van der Waals surface area contributed by atoms with Crippen LogP contribution < -0.4 is 10.5 Å². The number of nitrogens with two attached hydrogens (primary N) is 1. The number of guanidine groups is 1. The highest BCUT2D eigenvalue weighted by Gasteiger charge is 2.63. The normalized spacial score (nSPS) is 29.7. The molecular formula is C24H23ClFN3O4. The van der Waals surface area contributed by atoms with E-state index < -0.39 is 17.1 Å². The molecule has 2 fully saturated rings. The van der Waals surface area contributed by atoms with Crippen molar-refractivity contribution in [2.24, 2.45) is 16.6 Å². The van der Waals surface area contributed by atoms with Gasteiger partial charge in [0.1, 0.15) is 17.7 Å². The number of hydrogen-bond donors (Lipinski definition) is 1. The van der Waals surface area contributed by atoms with Crippen molar-refractivity contribution in [3.63, 3.8) is 0 Å². The average Bonchev–Trinajstić information content (AvgIpc) is 3.32. The second kappa shape index (κ2) is 7.16. The lowest BCUT2D eigenvalue weighted by Crippen LogP contribution is -2.57. The number of fused-ring (bicyclic) bond motifs is 4. The summed E-state index contributed by atoms with van der Waals surface area (Å²) in [7, 11) is 1.63. The van der Waals surface area contributed by atoms with Crippen molar-refractivity contribution in [2.45, 2.75) is 36.7 Å². The molecule has 2 aromatic rings. The maximum Gasteiger partial charge on any atom is 0.262 e. The maximum atomic E-state index is 14.0. The molecule has 3 atom stereocenters. The Hall–Kier alpha value is -2.68. The van der Waals surface area contributed by atoms with E-state index in [0.29, 0.717) is 59.9 Å². The van der Waals surface area contributed by atoms with Gasteiger partial charge in [-0.15, -0.1) is 0 Å². The van der Waals surface area contributed by atoms with Crippen LogP contribution >= 0.6 is 11.6 Å². The molecule has 2 N–H and O–H groups in total. The Morgan fingerprint density at radius 3 is 2.67 bits per heavy atom. The summed E-state index contributed by atoms with van der Waals surface area (Å²) < 4.78 is 32.3. The van der Waals surface area contributed by atoms with Crippen LogP contribution in [0.15, 0.2) is 41.4 Å². The van der Waals surface area contributed by atoms with Gasteiger partial charge < -0.3 is 19.9 Å². The van der Waals surface area contributed by atoms with Crippen LogP contribution in [-0.4, -0.2) is 48.9 Å². The second-order valence-corrected chi connectivity index (χ2v) is 9.52. The number of hydrogen-bond acceptors (Lipinski definition) is 6. The first-order chi connectivity index (χ1) is 15.8. The van der Waals surface area contributed by atoms with E-state index in [2.05, 4.69) is 0 Å². The van der Waals surface area contributed by atoms with Crippen LogP contribution in [0.3, 0.4) is 0 Å². The molecule has 0 bridgehead atoms. The Balaban J connectivity index is 1.51. The number of likely N-dealkylation sites (N-methyl/N-ethyl adjacent to an activating group) is 1. The zero-order chi connectivity index (χ0) is 23.0. The lowest BCUT2D eigenvalue weighted by Gasteiger charge is -2.49. The lowest BCUT2D eigenvalue weighted by atomic mass is 9.66. The molecule has 2 aromatic carbocycles. The van der Waals surface area contributed by atoms with Crippen molar-refractivity contribution < 1.29 is 23.4 Å². The minimum atomic E-state index is -1.22. The van der Waals surface area contributed by atoms with Crippen LogP contribution in [0.4, 0.5) is 4.39 Å². The second-order valence-electron chi connectivity index (χ2n) is 9.08. The van der Waals surface area contributed by atoms with E-state index in [0.717, 1.165) is 0 Å². The molecule has 7 nitrogen and oxygen atoms in total. The Morgan fingerprint density at radius 2 is 1.97 bits per heavy atom. The molecule has 9 heteroatoms. The summed E-state index contributed by atoms with van der Waals surface area (Å²) in [6.45, 7) is 1.09. The molecule has 0 radical (unpaired) electrons. The Labute approximate surface area is 195 Å². The summed E-state index contributed by atoms with van der Waals surface area (Å²) >= 11 is 6.09. The Morgan fingerprint density at radius 1 is 1.18 bits per heavy atom. The molecule has 33 heavy (non-hydrogen) atoms. The van der Waals surface area contributed by atoms with Gasteiger partial charge in [0, 0.05) is 36.4 Å². The summed E-state index contributed by atoms with van der Waals surface area (Å²) in [6, 6.07) is 9.82. The van der Waals surface area contributed by atoms with Crippen molar-refractivity contribution in [2.75, 3.05) is 20.3 Å². The minimum Gasteiger partial charge on any atom is -0.489 e. The van der Waals surface area contributed by atoms with E-state index in [1.807, 2.05) is 12.1 Å². The van der Waals surface area contributed by atoms with E-state index in [1.54, 1.807) is 19.2 Å². The maximum absolute atomic E-state index is 14.0. The largest absolute Gasteiger partial charge is 0.489 e. The standard InChI is InChI=1S/C24H23ClFN3O4/c1-29-21(30)24(28-22(29)27)17-4-5-23(31-6-7-32-23)12-20(17)33-19-3-2-13(10-18(19)24)14-8-15(25)11-16(26)9-14/h2-3,8-11,17,20H,4-7,12H2,1H3,(H2,27,28). The summed E-state index contributed by atoms with van der Waals surface area (Å²) in [6.07, 6.45) is 1.44. The molecule has 2 spiro atoms. The number of aliphatic imine (C=N–C) groups is 1. The van der Waals surface area contributed by atoms with Gasteiger partial charge in [-0.1, -0.05) is 17.7 Å². The number of halogens is 2. The summed E-state index contributed by atoms with van der Waals surface area (Å²) in [4.78, 5) is 19.9. The third-order valence-electron chi connectivity index (χ3n) is 7.28. The predicted octanol–water partition coefficient (Wildman–Crippen LogP) is 3.43. The molecule has 1 aliphatic carbocycles. The zero-order valence-corrected chi connectivity index (χ0v) is 18.8. The van der Waals surface area contributed by atoms with Gasteiger partial charge in [-0.05, 0) is 47.9 Å². The van der Waals surface area contributed by atoms with Gasteiger partial charge in [0.2, 0.25) is 0 Å².